The Labute approximate surface area is 114 Å². The molecule has 0 amide bonds. The summed E-state index contributed by atoms with van der Waals surface area (Å²) in [5.41, 5.74) is 8.62. The normalized spacial score (nSPS) is 11.1. The van der Waals surface area contributed by atoms with Gasteiger partial charge in [0, 0.05) is 0 Å². The van der Waals surface area contributed by atoms with E-state index >= 15 is 0 Å². The summed E-state index contributed by atoms with van der Waals surface area (Å²) in [6.07, 6.45) is 0. The fourth-order valence-corrected chi connectivity index (χ4v) is 2.44. The molecule has 0 fully saturated rings. The molecule has 3 aromatic rings. The molecular weight excluding hydrogens is 265 g/mol. The van der Waals surface area contributed by atoms with Crippen LogP contribution in [0.1, 0.15) is 5.56 Å². The van der Waals surface area contributed by atoms with Gasteiger partial charge in [0.25, 0.3) is 0 Å². The summed E-state index contributed by atoms with van der Waals surface area (Å²) in [4.78, 5) is 4.29. The molecule has 2 aromatic carbocycles. The molecule has 3 nitrogen and oxygen atoms in total. The predicted octanol–water partition coefficient (Wildman–Crippen LogP) is 3.71. The molecule has 3 rings (SSSR count). The zero-order valence-electron chi connectivity index (χ0n) is 10.2. The van der Waals surface area contributed by atoms with E-state index in [1.54, 1.807) is 16.7 Å². The number of halogens is 2. The van der Waals surface area contributed by atoms with E-state index in [2.05, 4.69) is 4.98 Å². The fraction of sp³-hybridized carbons (Fsp3) is 0.0714. The molecule has 0 spiro atoms. The second kappa shape index (κ2) is 4.24. The highest BCUT2D eigenvalue weighted by Crippen LogP contribution is 2.30. The molecular formula is C14H11ClFN3. The van der Waals surface area contributed by atoms with Gasteiger partial charge in [-0.3, -0.25) is 4.57 Å². The van der Waals surface area contributed by atoms with Gasteiger partial charge in [0.15, 0.2) is 0 Å². The molecule has 0 radical (unpaired) electrons. The molecule has 0 saturated carbocycles. The number of hydrogen-bond acceptors (Lipinski definition) is 2. The van der Waals surface area contributed by atoms with Crippen molar-refractivity contribution in [3.8, 4) is 5.69 Å². The minimum atomic E-state index is -0.431. The van der Waals surface area contributed by atoms with Gasteiger partial charge in [-0.15, -0.1) is 0 Å². The van der Waals surface area contributed by atoms with Crippen LogP contribution in [0.2, 0.25) is 5.02 Å². The minimum Gasteiger partial charge on any atom is -0.369 e. The molecule has 1 heterocycles. The van der Waals surface area contributed by atoms with Crippen LogP contribution in [-0.4, -0.2) is 9.55 Å². The van der Waals surface area contributed by atoms with Crippen molar-refractivity contribution in [3.05, 3.63) is 52.8 Å². The van der Waals surface area contributed by atoms with Crippen molar-refractivity contribution >= 4 is 28.6 Å². The van der Waals surface area contributed by atoms with Crippen LogP contribution in [-0.2, 0) is 0 Å². The first-order valence-corrected chi connectivity index (χ1v) is 6.15. The number of nitrogens with two attached hydrogens (primary N) is 1. The van der Waals surface area contributed by atoms with E-state index in [0.717, 1.165) is 16.6 Å². The van der Waals surface area contributed by atoms with Crippen LogP contribution in [0, 0.1) is 12.7 Å². The van der Waals surface area contributed by atoms with Gasteiger partial charge in [-0.05, 0) is 30.7 Å². The van der Waals surface area contributed by atoms with E-state index in [1.807, 2.05) is 25.1 Å². The van der Waals surface area contributed by atoms with Crippen molar-refractivity contribution in [2.45, 2.75) is 6.92 Å². The van der Waals surface area contributed by atoms with E-state index in [4.69, 9.17) is 17.3 Å². The third kappa shape index (κ3) is 1.76. The smallest absolute Gasteiger partial charge is 0.206 e. The van der Waals surface area contributed by atoms with Crippen LogP contribution in [0.15, 0.2) is 36.4 Å². The summed E-state index contributed by atoms with van der Waals surface area (Å²) in [6, 6.07) is 10.2. The van der Waals surface area contributed by atoms with Gasteiger partial charge in [0.1, 0.15) is 11.5 Å². The Morgan fingerprint density at radius 1 is 1.21 bits per heavy atom. The van der Waals surface area contributed by atoms with Crippen molar-refractivity contribution in [2.75, 3.05) is 5.73 Å². The van der Waals surface area contributed by atoms with Crippen LogP contribution < -0.4 is 5.73 Å². The first-order chi connectivity index (χ1) is 9.09. The van der Waals surface area contributed by atoms with Crippen LogP contribution in [0.5, 0.6) is 0 Å². The van der Waals surface area contributed by atoms with Crippen LogP contribution in [0.25, 0.3) is 16.7 Å². The quantitative estimate of drug-likeness (QED) is 0.736. The standard InChI is InChI=1S/C14H11ClFN3/c1-8-4-2-7-11-12(8)18-14(17)19(11)13-9(15)5-3-6-10(13)16/h2-7H,1H3,(H2,17,18). The van der Waals surface area contributed by atoms with Gasteiger partial charge < -0.3 is 5.73 Å². The van der Waals surface area contributed by atoms with E-state index in [1.165, 1.54) is 6.07 Å². The number of imidazole rings is 1. The maximum absolute atomic E-state index is 14.0. The van der Waals surface area contributed by atoms with Gasteiger partial charge >= 0.3 is 0 Å². The average molecular weight is 276 g/mol. The Kier molecular flexibility index (Phi) is 2.68. The number of nitrogens with zero attached hydrogens (tertiary/aromatic N) is 2. The lowest BCUT2D eigenvalue weighted by Gasteiger charge is -2.09. The summed E-state index contributed by atoms with van der Waals surface area (Å²) in [7, 11) is 0. The molecule has 0 atom stereocenters. The third-order valence-corrected chi connectivity index (χ3v) is 3.38. The van der Waals surface area contributed by atoms with Gasteiger partial charge in [-0.1, -0.05) is 29.8 Å². The van der Waals surface area contributed by atoms with Crippen molar-refractivity contribution in [2.24, 2.45) is 0 Å². The highest BCUT2D eigenvalue weighted by atomic mass is 35.5. The number of para-hydroxylation sites is 2. The highest BCUT2D eigenvalue weighted by Gasteiger charge is 2.16. The second-order valence-electron chi connectivity index (χ2n) is 4.32. The van der Waals surface area contributed by atoms with E-state index in [0.29, 0.717) is 5.02 Å². The molecule has 5 heteroatoms. The van der Waals surface area contributed by atoms with Crippen LogP contribution in [0.3, 0.4) is 0 Å². The monoisotopic (exact) mass is 275 g/mol. The molecule has 0 bridgehead atoms. The Morgan fingerprint density at radius 3 is 2.68 bits per heavy atom. The lowest BCUT2D eigenvalue weighted by molar-refractivity contribution is 0.620. The molecule has 1 aromatic heterocycles. The SMILES string of the molecule is Cc1cccc2c1nc(N)n2-c1c(F)cccc1Cl. The number of aromatic nitrogens is 2. The van der Waals surface area contributed by atoms with E-state index < -0.39 is 5.82 Å². The van der Waals surface area contributed by atoms with Gasteiger partial charge in [-0.25, -0.2) is 9.37 Å². The zero-order valence-corrected chi connectivity index (χ0v) is 10.9. The number of nitrogen functional groups attached to an aromatic ring is 1. The average Bonchev–Trinajstić information content (AvgIpc) is 2.68. The van der Waals surface area contributed by atoms with Gasteiger partial charge in [0.2, 0.25) is 5.95 Å². The summed E-state index contributed by atoms with van der Waals surface area (Å²) in [5.74, 6) is -0.212. The summed E-state index contributed by atoms with van der Waals surface area (Å²) in [5, 5.41) is 0.299. The zero-order chi connectivity index (χ0) is 13.6. The largest absolute Gasteiger partial charge is 0.369 e. The predicted molar refractivity (Wildman–Crippen MR) is 75.2 cm³/mol. The van der Waals surface area contributed by atoms with Crippen LogP contribution >= 0.6 is 11.6 Å². The Morgan fingerprint density at radius 2 is 1.95 bits per heavy atom. The van der Waals surface area contributed by atoms with Crippen molar-refractivity contribution in [3.63, 3.8) is 0 Å². The van der Waals surface area contributed by atoms with Gasteiger partial charge in [0.05, 0.1) is 16.1 Å². The second-order valence-corrected chi connectivity index (χ2v) is 4.73. The summed E-state index contributed by atoms with van der Waals surface area (Å²) in [6.45, 7) is 1.93. The summed E-state index contributed by atoms with van der Waals surface area (Å²) < 4.78 is 15.6. The number of aryl methyl sites for hydroxylation is 1. The molecule has 0 saturated heterocycles. The first kappa shape index (κ1) is 12.0. The Balaban J connectivity index is 2.44. The Bertz CT molecular complexity index is 759. The fourth-order valence-electron chi connectivity index (χ4n) is 2.19. The molecule has 96 valence electrons. The highest BCUT2D eigenvalue weighted by molar-refractivity contribution is 6.32. The maximum atomic E-state index is 14.0. The lowest BCUT2D eigenvalue weighted by atomic mass is 10.2. The molecule has 0 unspecified atom stereocenters. The van der Waals surface area contributed by atoms with Crippen molar-refractivity contribution < 1.29 is 4.39 Å². The number of hydrogen-bond donors (Lipinski definition) is 1. The molecule has 0 aliphatic carbocycles. The number of fused-ring (bicyclic) bond motifs is 1. The first-order valence-electron chi connectivity index (χ1n) is 5.77. The van der Waals surface area contributed by atoms with E-state index in [9.17, 15) is 4.39 Å². The Hall–Kier alpha value is -2.07. The molecule has 0 aliphatic rings. The number of anilines is 1. The minimum absolute atomic E-state index is 0.219. The topological polar surface area (TPSA) is 43.8 Å². The maximum Gasteiger partial charge on any atom is 0.206 e. The lowest BCUT2D eigenvalue weighted by Crippen LogP contribution is -2.03. The molecule has 2 N–H and O–H groups in total. The van der Waals surface area contributed by atoms with Crippen molar-refractivity contribution in [1.29, 1.82) is 0 Å². The molecule has 19 heavy (non-hydrogen) atoms. The van der Waals surface area contributed by atoms with E-state index in [-0.39, 0.29) is 11.6 Å². The third-order valence-electron chi connectivity index (χ3n) is 3.07. The number of benzene rings is 2. The van der Waals surface area contributed by atoms with Crippen molar-refractivity contribution in [1.82, 2.24) is 9.55 Å². The van der Waals surface area contributed by atoms with Crippen LogP contribution in [0.4, 0.5) is 10.3 Å². The van der Waals surface area contributed by atoms with Gasteiger partial charge in [-0.2, -0.15) is 0 Å². The summed E-state index contributed by atoms with van der Waals surface area (Å²) >= 11 is 6.09. The number of rotatable bonds is 1. The molecule has 0 aliphatic heterocycles.